The monoisotopic (exact) mass is 445 g/mol. The third-order valence-electron chi connectivity index (χ3n) is 3.97. The predicted molar refractivity (Wildman–Crippen MR) is 114 cm³/mol. The Balaban J connectivity index is 1.94. The first-order chi connectivity index (χ1) is 14.4. The van der Waals surface area contributed by atoms with Crippen molar-refractivity contribution in [1.82, 2.24) is 4.57 Å². The fourth-order valence-corrected chi connectivity index (χ4v) is 4.06. The third kappa shape index (κ3) is 5.00. The van der Waals surface area contributed by atoms with Crippen LogP contribution in [-0.4, -0.2) is 28.0 Å². The van der Waals surface area contributed by atoms with Crippen LogP contribution in [0.15, 0.2) is 53.5 Å². The van der Waals surface area contributed by atoms with Crippen molar-refractivity contribution in [3.8, 4) is 0 Å². The number of thiazole rings is 1. The molecule has 0 saturated carbocycles. The average Bonchev–Trinajstić information content (AvgIpc) is 3.05. The lowest BCUT2D eigenvalue weighted by Crippen LogP contribution is -2.23. The zero-order valence-electron chi connectivity index (χ0n) is 15.8. The lowest BCUT2D eigenvalue weighted by molar-refractivity contribution is -0.384. The van der Waals surface area contributed by atoms with E-state index in [9.17, 15) is 19.7 Å². The van der Waals surface area contributed by atoms with Crippen LogP contribution < -0.4 is 4.80 Å². The number of carbonyl (C=O) groups excluding carboxylic acids is 2. The van der Waals surface area contributed by atoms with Crippen LogP contribution in [0.5, 0.6) is 0 Å². The summed E-state index contributed by atoms with van der Waals surface area (Å²) >= 11 is 7.52. The average molecular weight is 446 g/mol. The Morgan fingerprint density at radius 1 is 1.27 bits per heavy atom. The molecule has 2 aromatic carbocycles. The normalized spacial score (nSPS) is 11.9. The lowest BCUT2D eigenvalue weighted by Gasteiger charge is -2.05. The second-order valence-electron chi connectivity index (χ2n) is 5.99. The van der Waals surface area contributed by atoms with E-state index in [-0.39, 0.29) is 18.8 Å². The van der Waals surface area contributed by atoms with Gasteiger partial charge in [0.05, 0.1) is 26.8 Å². The van der Waals surface area contributed by atoms with Crippen molar-refractivity contribution in [3.63, 3.8) is 0 Å². The molecule has 0 atom stereocenters. The van der Waals surface area contributed by atoms with Gasteiger partial charge in [0, 0.05) is 18.2 Å². The topological polar surface area (TPSA) is 104 Å². The number of esters is 1. The summed E-state index contributed by atoms with van der Waals surface area (Å²) in [7, 11) is 0. The molecule has 0 saturated heterocycles. The maximum atomic E-state index is 12.4. The Bertz CT molecular complexity index is 1210. The Kier molecular flexibility index (Phi) is 6.76. The number of benzene rings is 2. The molecule has 0 spiro atoms. The third-order valence-corrected chi connectivity index (χ3v) is 5.32. The maximum Gasteiger partial charge on any atom is 0.326 e. The van der Waals surface area contributed by atoms with Crippen molar-refractivity contribution >= 4 is 56.8 Å². The highest BCUT2D eigenvalue weighted by atomic mass is 35.5. The van der Waals surface area contributed by atoms with Gasteiger partial charge in [-0.25, -0.2) is 0 Å². The Hall–Kier alpha value is -3.30. The fraction of sp³-hybridized carbons (Fsp3) is 0.150. The van der Waals surface area contributed by atoms with Crippen LogP contribution in [0.3, 0.4) is 0 Å². The summed E-state index contributed by atoms with van der Waals surface area (Å²) < 4.78 is 7.34. The Morgan fingerprint density at radius 3 is 2.67 bits per heavy atom. The highest BCUT2D eigenvalue weighted by Gasteiger charge is 2.14. The molecular weight excluding hydrogens is 430 g/mol. The number of rotatable bonds is 6. The minimum atomic E-state index is -0.548. The van der Waals surface area contributed by atoms with Gasteiger partial charge in [0.2, 0.25) is 0 Å². The van der Waals surface area contributed by atoms with Crippen molar-refractivity contribution < 1.29 is 19.2 Å². The van der Waals surface area contributed by atoms with Crippen LogP contribution in [-0.2, 0) is 20.9 Å². The summed E-state index contributed by atoms with van der Waals surface area (Å²) in [4.78, 5) is 39.0. The van der Waals surface area contributed by atoms with E-state index in [2.05, 4.69) is 4.99 Å². The number of carbonyl (C=O) groups is 2. The van der Waals surface area contributed by atoms with Gasteiger partial charge in [-0.2, -0.15) is 4.99 Å². The highest BCUT2D eigenvalue weighted by molar-refractivity contribution is 7.16. The summed E-state index contributed by atoms with van der Waals surface area (Å²) in [5, 5.41) is 11.1. The number of nitro groups is 1. The number of fused-ring (bicyclic) bond motifs is 1. The summed E-state index contributed by atoms with van der Waals surface area (Å²) in [6.45, 7) is 1.81. The second kappa shape index (κ2) is 9.47. The number of aromatic nitrogens is 1. The molecule has 1 aromatic heterocycles. The minimum Gasteiger partial charge on any atom is -0.465 e. The standard InChI is InChI=1S/C20H16ClN3O5S/c1-2-29-18(26)12-23-19-15(21)4-3-5-16(19)30-20(23)22-17(25)11-8-13-6-9-14(10-7-13)24(27)28/h3-11H,2,12H2,1H3/b11-8-,22-20?. The van der Waals surface area contributed by atoms with Crippen LogP contribution >= 0.6 is 22.9 Å². The Labute approximate surface area is 179 Å². The molecule has 0 radical (unpaired) electrons. The number of non-ortho nitro benzene ring substituents is 1. The quantitative estimate of drug-likeness (QED) is 0.247. The minimum absolute atomic E-state index is 0.0367. The molecule has 0 unspecified atom stereocenters. The number of halogens is 1. The summed E-state index contributed by atoms with van der Waals surface area (Å²) in [6, 6.07) is 11.0. The number of hydrogen-bond acceptors (Lipinski definition) is 6. The molecule has 3 rings (SSSR count). The van der Waals surface area contributed by atoms with Crippen molar-refractivity contribution in [2.24, 2.45) is 4.99 Å². The summed E-state index contributed by atoms with van der Waals surface area (Å²) in [5.74, 6) is -1.01. The second-order valence-corrected chi connectivity index (χ2v) is 7.41. The molecule has 0 N–H and O–H groups in total. The molecule has 8 nitrogen and oxygen atoms in total. The number of amides is 1. The van der Waals surface area contributed by atoms with E-state index in [4.69, 9.17) is 16.3 Å². The van der Waals surface area contributed by atoms with Gasteiger partial charge in [-0.05, 0) is 42.8 Å². The SMILES string of the molecule is CCOC(=O)Cn1c(=NC(=O)/C=C\c2ccc([N+](=O)[O-])cc2)sc2cccc(Cl)c21. The van der Waals surface area contributed by atoms with Gasteiger partial charge in [-0.1, -0.05) is 29.0 Å². The van der Waals surface area contributed by atoms with Crippen molar-refractivity contribution in [3.05, 3.63) is 74.0 Å². The van der Waals surface area contributed by atoms with E-state index in [0.717, 1.165) is 4.70 Å². The summed E-state index contributed by atoms with van der Waals surface area (Å²) in [6.07, 6.45) is 2.76. The molecule has 0 fully saturated rings. The molecule has 0 aliphatic carbocycles. The van der Waals surface area contributed by atoms with Gasteiger partial charge in [0.25, 0.3) is 11.6 Å². The molecule has 10 heteroatoms. The molecule has 30 heavy (non-hydrogen) atoms. The van der Waals surface area contributed by atoms with E-state index < -0.39 is 16.8 Å². The first kappa shape index (κ1) is 21.4. The van der Waals surface area contributed by atoms with Crippen LogP contribution in [0.1, 0.15) is 12.5 Å². The van der Waals surface area contributed by atoms with Gasteiger partial charge in [-0.3, -0.25) is 19.7 Å². The van der Waals surface area contributed by atoms with Crippen molar-refractivity contribution in [1.29, 1.82) is 0 Å². The van der Waals surface area contributed by atoms with Crippen LogP contribution in [0.25, 0.3) is 16.3 Å². The molecule has 1 amide bonds. The van der Waals surface area contributed by atoms with E-state index in [0.29, 0.717) is 20.9 Å². The smallest absolute Gasteiger partial charge is 0.326 e. The van der Waals surface area contributed by atoms with E-state index in [1.165, 1.54) is 47.8 Å². The van der Waals surface area contributed by atoms with Crippen molar-refractivity contribution in [2.75, 3.05) is 6.61 Å². The number of nitro benzene ring substituents is 1. The first-order valence-corrected chi connectivity index (χ1v) is 10.0. The fourth-order valence-electron chi connectivity index (χ4n) is 2.66. The van der Waals surface area contributed by atoms with Crippen LogP contribution in [0.2, 0.25) is 5.02 Å². The van der Waals surface area contributed by atoms with Gasteiger partial charge < -0.3 is 9.30 Å². The van der Waals surface area contributed by atoms with Gasteiger partial charge in [0.15, 0.2) is 4.80 Å². The maximum absolute atomic E-state index is 12.4. The molecule has 0 bridgehead atoms. The zero-order chi connectivity index (χ0) is 21.7. The van der Waals surface area contributed by atoms with Crippen LogP contribution in [0, 0.1) is 10.1 Å². The molecule has 154 valence electrons. The molecular formula is C20H16ClN3O5S. The first-order valence-electron chi connectivity index (χ1n) is 8.83. The molecule has 1 heterocycles. The van der Waals surface area contributed by atoms with Gasteiger partial charge >= 0.3 is 5.97 Å². The Morgan fingerprint density at radius 2 is 2.00 bits per heavy atom. The van der Waals surface area contributed by atoms with Gasteiger partial charge in [0.1, 0.15) is 6.54 Å². The van der Waals surface area contributed by atoms with E-state index >= 15 is 0 Å². The largest absolute Gasteiger partial charge is 0.465 e. The zero-order valence-corrected chi connectivity index (χ0v) is 17.4. The van der Waals surface area contributed by atoms with E-state index in [1.807, 2.05) is 6.07 Å². The van der Waals surface area contributed by atoms with Gasteiger partial charge in [-0.15, -0.1) is 0 Å². The highest BCUT2D eigenvalue weighted by Crippen LogP contribution is 2.25. The molecule has 0 aliphatic rings. The van der Waals surface area contributed by atoms with E-state index in [1.54, 1.807) is 23.6 Å². The number of para-hydroxylation sites is 1. The van der Waals surface area contributed by atoms with Crippen LogP contribution in [0.4, 0.5) is 5.69 Å². The number of ether oxygens (including phenoxy) is 1. The summed E-state index contributed by atoms with van der Waals surface area (Å²) in [5.41, 5.74) is 1.18. The molecule has 0 aliphatic heterocycles. The number of hydrogen-bond donors (Lipinski definition) is 0. The predicted octanol–water partition coefficient (Wildman–Crippen LogP) is 3.97. The molecule has 3 aromatic rings. The van der Waals surface area contributed by atoms with Crippen molar-refractivity contribution in [2.45, 2.75) is 13.5 Å². The number of nitrogens with zero attached hydrogens (tertiary/aromatic N) is 3. The lowest BCUT2D eigenvalue weighted by atomic mass is 10.2.